The van der Waals surface area contributed by atoms with Crippen LogP contribution in [-0.2, 0) is 4.43 Å². The Morgan fingerprint density at radius 2 is 1.50 bits per heavy atom. The second-order valence-corrected chi connectivity index (χ2v) is 11.8. The molecule has 0 aliphatic carbocycles. The Hall–Kier alpha value is -1.75. The molecule has 0 aliphatic heterocycles. The summed E-state index contributed by atoms with van der Waals surface area (Å²) < 4.78 is 20.6. The van der Waals surface area contributed by atoms with Crippen LogP contribution >= 0.6 is 0 Å². The molecule has 0 bridgehead atoms. The molecule has 0 spiro atoms. The third kappa shape index (κ3) is 4.31. The van der Waals surface area contributed by atoms with E-state index in [-0.39, 0.29) is 11.6 Å². The highest BCUT2D eigenvalue weighted by molar-refractivity contribution is 6.99. The van der Waals surface area contributed by atoms with E-state index in [9.17, 15) is 9.50 Å². The number of hydrogen-bond acceptors (Lipinski definition) is 2. The summed E-state index contributed by atoms with van der Waals surface area (Å²) in [6.45, 7) is 8.43. The zero-order valence-corrected chi connectivity index (χ0v) is 17.1. The van der Waals surface area contributed by atoms with Crippen LogP contribution in [0.25, 0.3) is 0 Å². The fraction of sp³-hybridized carbons (Fsp3) is 0.364. The Kier molecular flexibility index (Phi) is 6.92. The molecule has 0 fully saturated rings. The summed E-state index contributed by atoms with van der Waals surface area (Å²) in [4.78, 5) is 0. The number of aliphatic hydroxyl groups excluding tert-OH is 1. The maximum atomic E-state index is 14.0. The predicted octanol–water partition coefficient (Wildman–Crippen LogP) is 4.19. The molecule has 1 atom stereocenters. The minimum atomic E-state index is -2.65. The van der Waals surface area contributed by atoms with Gasteiger partial charge in [-0.1, -0.05) is 88.4 Å². The lowest BCUT2D eigenvalue weighted by Gasteiger charge is -2.42. The van der Waals surface area contributed by atoms with Gasteiger partial charge in [-0.2, -0.15) is 0 Å². The van der Waals surface area contributed by atoms with E-state index in [1.165, 1.54) is 6.08 Å². The Morgan fingerprint density at radius 1 is 1.04 bits per heavy atom. The number of halogens is 1. The van der Waals surface area contributed by atoms with Crippen molar-refractivity contribution in [3.05, 3.63) is 72.6 Å². The summed E-state index contributed by atoms with van der Waals surface area (Å²) in [5.41, 5.74) is 0. The number of aliphatic hydroxyl groups is 1. The summed E-state index contributed by atoms with van der Waals surface area (Å²) in [5, 5.41) is 11.8. The molecule has 0 heterocycles. The first-order chi connectivity index (χ1) is 12.3. The van der Waals surface area contributed by atoms with Crippen LogP contribution in [0.15, 0.2) is 72.6 Å². The summed E-state index contributed by atoms with van der Waals surface area (Å²) in [7, 11) is -2.65. The standard InChI is InChI=1S/C22H29FO2Si/c1-5-21(24)20(23)16-17-25-26(22(2,3)4,18-12-8-6-9-13-18)19-14-10-7-11-15-19/h6-16,21,24H,5,17H2,1-4H3/b20-16+. The van der Waals surface area contributed by atoms with Crippen molar-refractivity contribution in [3.8, 4) is 0 Å². The summed E-state index contributed by atoms with van der Waals surface area (Å²) in [6, 6.07) is 20.5. The lowest BCUT2D eigenvalue weighted by atomic mass is 10.2. The molecule has 4 heteroatoms. The molecule has 0 saturated heterocycles. The molecular weight excluding hydrogens is 343 g/mol. The maximum Gasteiger partial charge on any atom is 0.261 e. The second kappa shape index (κ2) is 8.76. The summed E-state index contributed by atoms with van der Waals surface area (Å²) in [5.74, 6) is -0.523. The van der Waals surface area contributed by atoms with Crippen molar-refractivity contribution < 1.29 is 13.9 Å². The maximum absolute atomic E-state index is 14.0. The third-order valence-electron chi connectivity index (χ3n) is 4.70. The molecule has 0 aromatic heterocycles. The highest BCUT2D eigenvalue weighted by atomic mass is 28.4. The average Bonchev–Trinajstić information content (AvgIpc) is 2.64. The van der Waals surface area contributed by atoms with Gasteiger partial charge in [-0.25, -0.2) is 4.39 Å². The molecule has 0 aliphatic rings. The number of benzene rings is 2. The van der Waals surface area contributed by atoms with Gasteiger partial charge in [0, 0.05) is 0 Å². The summed E-state index contributed by atoms with van der Waals surface area (Å²) >= 11 is 0. The first-order valence-electron chi connectivity index (χ1n) is 9.11. The third-order valence-corrected chi connectivity index (χ3v) is 9.70. The Bertz CT molecular complexity index is 668. The lowest BCUT2D eigenvalue weighted by molar-refractivity contribution is 0.176. The quantitative estimate of drug-likeness (QED) is 0.739. The Balaban J connectivity index is 2.51. The van der Waals surface area contributed by atoms with Crippen LogP contribution in [0.3, 0.4) is 0 Å². The van der Waals surface area contributed by atoms with E-state index >= 15 is 0 Å². The van der Waals surface area contributed by atoms with Gasteiger partial charge in [0.15, 0.2) is 0 Å². The highest BCUT2D eigenvalue weighted by Gasteiger charge is 2.49. The van der Waals surface area contributed by atoms with Crippen molar-refractivity contribution in [2.75, 3.05) is 6.61 Å². The predicted molar refractivity (Wildman–Crippen MR) is 109 cm³/mol. The van der Waals surface area contributed by atoms with E-state index in [4.69, 9.17) is 4.43 Å². The molecule has 2 aromatic rings. The molecule has 0 saturated carbocycles. The fourth-order valence-corrected chi connectivity index (χ4v) is 7.83. The van der Waals surface area contributed by atoms with Crippen LogP contribution in [0.1, 0.15) is 34.1 Å². The Morgan fingerprint density at radius 3 is 1.88 bits per heavy atom. The lowest BCUT2D eigenvalue weighted by Crippen LogP contribution is -2.66. The van der Waals surface area contributed by atoms with Gasteiger partial charge in [0.2, 0.25) is 0 Å². The molecule has 0 radical (unpaired) electrons. The van der Waals surface area contributed by atoms with Crippen LogP contribution in [0.4, 0.5) is 4.39 Å². The van der Waals surface area contributed by atoms with Gasteiger partial charge in [-0.3, -0.25) is 0 Å². The highest BCUT2D eigenvalue weighted by Crippen LogP contribution is 2.36. The van der Waals surface area contributed by atoms with Crippen molar-refractivity contribution in [1.82, 2.24) is 0 Å². The number of rotatable bonds is 7. The van der Waals surface area contributed by atoms with Gasteiger partial charge < -0.3 is 9.53 Å². The van der Waals surface area contributed by atoms with Crippen molar-refractivity contribution in [1.29, 1.82) is 0 Å². The van der Waals surface area contributed by atoms with Gasteiger partial charge >= 0.3 is 0 Å². The van der Waals surface area contributed by atoms with Gasteiger partial charge in [0.25, 0.3) is 8.32 Å². The monoisotopic (exact) mass is 372 g/mol. The van der Waals surface area contributed by atoms with Gasteiger partial charge in [-0.15, -0.1) is 0 Å². The average molecular weight is 373 g/mol. The molecule has 2 aromatic carbocycles. The van der Waals surface area contributed by atoms with E-state index in [2.05, 4.69) is 45.0 Å². The molecule has 0 amide bonds. The van der Waals surface area contributed by atoms with Crippen LogP contribution in [-0.4, -0.2) is 26.1 Å². The molecule has 2 nitrogen and oxygen atoms in total. The van der Waals surface area contributed by atoms with Gasteiger partial charge in [-0.05, 0) is 27.9 Å². The molecule has 140 valence electrons. The minimum absolute atomic E-state index is 0.135. The van der Waals surface area contributed by atoms with E-state index in [0.29, 0.717) is 6.42 Å². The van der Waals surface area contributed by atoms with Crippen molar-refractivity contribution in [2.24, 2.45) is 0 Å². The summed E-state index contributed by atoms with van der Waals surface area (Å²) in [6.07, 6.45) is 0.660. The molecule has 1 N–H and O–H groups in total. The molecule has 1 unspecified atom stereocenters. The van der Waals surface area contributed by atoms with Crippen molar-refractivity contribution in [2.45, 2.75) is 45.3 Å². The van der Waals surface area contributed by atoms with Crippen LogP contribution in [0.2, 0.25) is 5.04 Å². The normalized spacial score (nSPS) is 14.3. The molecular formula is C22H29FO2Si. The topological polar surface area (TPSA) is 29.5 Å². The van der Waals surface area contributed by atoms with Gasteiger partial charge in [0.1, 0.15) is 11.9 Å². The minimum Gasteiger partial charge on any atom is -0.404 e. The van der Waals surface area contributed by atoms with E-state index in [0.717, 1.165) is 10.4 Å². The van der Waals surface area contributed by atoms with Crippen LogP contribution < -0.4 is 10.4 Å². The zero-order valence-electron chi connectivity index (χ0n) is 16.1. The number of hydrogen-bond donors (Lipinski definition) is 1. The van der Waals surface area contributed by atoms with Gasteiger partial charge in [0.05, 0.1) is 6.61 Å². The molecule has 26 heavy (non-hydrogen) atoms. The smallest absolute Gasteiger partial charge is 0.261 e. The van der Waals surface area contributed by atoms with E-state index in [1.807, 2.05) is 36.4 Å². The van der Waals surface area contributed by atoms with E-state index in [1.54, 1.807) is 6.92 Å². The first kappa shape index (κ1) is 20.6. The fourth-order valence-electron chi connectivity index (χ4n) is 3.34. The van der Waals surface area contributed by atoms with Crippen molar-refractivity contribution in [3.63, 3.8) is 0 Å². The SMILES string of the molecule is CCC(O)/C(F)=C\CO[Si](c1ccccc1)(c1ccccc1)C(C)(C)C. The molecule has 2 rings (SSSR count). The Labute approximate surface area is 157 Å². The zero-order chi connectivity index (χ0) is 19.2. The van der Waals surface area contributed by atoms with E-state index < -0.39 is 20.2 Å². The van der Waals surface area contributed by atoms with Crippen LogP contribution in [0, 0.1) is 0 Å². The largest absolute Gasteiger partial charge is 0.404 e. The van der Waals surface area contributed by atoms with Crippen molar-refractivity contribution >= 4 is 18.7 Å². The van der Waals surface area contributed by atoms with Crippen LogP contribution in [0.5, 0.6) is 0 Å². The first-order valence-corrected chi connectivity index (χ1v) is 11.0. The second-order valence-electron chi connectivity index (χ2n) is 7.49.